The van der Waals surface area contributed by atoms with Crippen LogP contribution in [0.5, 0.6) is 5.75 Å². The highest BCUT2D eigenvalue weighted by Gasteiger charge is 2.12. The minimum Gasteiger partial charge on any atom is -0.489 e. The number of nitro groups is 1. The van der Waals surface area contributed by atoms with Crippen LogP contribution in [0.2, 0.25) is 5.02 Å². The number of nitrogens with zero attached hydrogens (tertiary/aromatic N) is 3. The van der Waals surface area contributed by atoms with Crippen molar-refractivity contribution in [2.75, 3.05) is 0 Å². The fourth-order valence-corrected chi connectivity index (χ4v) is 1.68. The smallest absolute Gasteiger partial charge is 0.288 e. The molecule has 1 heterocycles. The summed E-state index contributed by atoms with van der Waals surface area (Å²) in [7, 11) is 1.81. The van der Waals surface area contributed by atoms with Gasteiger partial charge in [0.2, 0.25) is 0 Å². The lowest BCUT2D eigenvalue weighted by molar-refractivity contribution is -0.384. The van der Waals surface area contributed by atoms with E-state index in [1.165, 1.54) is 18.2 Å². The number of rotatable bonds is 4. The molecule has 0 atom stereocenters. The van der Waals surface area contributed by atoms with Gasteiger partial charge in [-0.15, -0.1) is 0 Å². The third kappa shape index (κ3) is 2.78. The summed E-state index contributed by atoms with van der Waals surface area (Å²) in [5.41, 5.74) is 0.775. The lowest BCUT2D eigenvalue weighted by Crippen LogP contribution is -1.95. The molecule has 0 aliphatic carbocycles. The van der Waals surface area contributed by atoms with Crippen LogP contribution in [0.1, 0.15) is 5.56 Å². The number of ether oxygens (including phenoxy) is 1. The Bertz CT molecular complexity index is 583. The van der Waals surface area contributed by atoms with Crippen molar-refractivity contribution < 1.29 is 9.66 Å². The molecular weight excluding hydrogens is 258 g/mol. The summed E-state index contributed by atoms with van der Waals surface area (Å²) in [6, 6.07) is 4.26. The summed E-state index contributed by atoms with van der Waals surface area (Å²) in [4.78, 5) is 10.0. The molecule has 18 heavy (non-hydrogen) atoms. The van der Waals surface area contributed by atoms with Gasteiger partial charge in [0.25, 0.3) is 5.69 Å². The van der Waals surface area contributed by atoms with Gasteiger partial charge in [-0.25, -0.2) is 0 Å². The van der Waals surface area contributed by atoms with E-state index < -0.39 is 4.92 Å². The molecule has 0 bridgehead atoms. The molecule has 0 fully saturated rings. The molecule has 0 radical (unpaired) electrons. The third-order valence-corrected chi connectivity index (χ3v) is 2.58. The molecule has 2 aromatic rings. The molecule has 7 heteroatoms. The Hall–Kier alpha value is -2.08. The molecule has 0 N–H and O–H groups in total. The van der Waals surface area contributed by atoms with Gasteiger partial charge in [0.05, 0.1) is 11.1 Å². The van der Waals surface area contributed by atoms with Crippen LogP contribution in [0.25, 0.3) is 0 Å². The summed E-state index contributed by atoms with van der Waals surface area (Å²) in [5, 5.41) is 14.6. The van der Waals surface area contributed by atoms with Crippen molar-refractivity contribution in [3.63, 3.8) is 0 Å². The Balaban J connectivity index is 2.06. The average molecular weight is 268 g/mol. The van der Waals surface area contributed by atoms with Crippen LogP contribution in [-0.4, -0.2) is 14.7 Å². The number of hydrogen-bond donors (Lipinski definition) is 0. The minimum absolute atomic E-state index is 0.0590. The van der Waals surface area contributed by atoms with Crippen molar-refractivity contribution >= 4 is 17.3 Å². The van der Waals surface area contributed by atoms with Gasteiger partial charge in [0, 0.05) is 30.9 Å². The quantitative estimate of drug-likeness (QED) is 0.630. The summed E-state index contributed by atoms with van der Waals surface area (Å²) in [5.74, 6) is 0.481. The van der Waals surface area contributed by atoms with Crippen molar-refractivity contribution in [1.29, 1.82) is 0 Å². The van der Waals surface area contributed by atoms with Crippen molar-refractivity contribution in [2.24, 2.45) is 7.05 Å². The molecule has 0 aliphatic rings. The van der Waals surface area contributed by atoms with E-state index in [0.29, 0.717) is 12.4 Å². The maximum Gasteiger partial charge on any atom is 0.288 e. The van der Waals surface area contributed by atoms with Crippen LogP contribution in [0.3, 0.4) is 0 Å². The van der Waals surface area contributed by atoms with Gasteiger partial charge in [0.15, 0.2) is 0 Å². The van der Waals surface area contributed by atoms with E-state index in [9.17, 15) is 10.1 Å². The fourth-order valence-electron chi connectivity index (χ4n) is 1.44. The Morgan fingerprint density at radius 1 is 1.56 bits per heavy atom. The molecule has 2 rings (SSSR count). The largest absolute Gasteiger partial charge is 0.489 e. The highest BCUT2D eigenvalue weighted by molar-refractivity contribution is 6.32. The van der Waals surface area contributed by atoms with E-state index in [4.69, 9.17) is 16.3 Å². The summed E-state index contributed by atoms with van der Waals surface area (Å²) in [6.45, 7) is 0.335. The predicted molar refractivity (Wildman–Crippen MR) is 65.6 cm³/mol. The van der Waals surface area contributed by atoms with Crippen LogP contribution >= 0.6 is 11.6 Å². The topological polar surface area (TPSA) is 70.2 Å². The Morgan fingerprint density at radius 2 is 2.33 bits per heavy atom. The van der Waals surface area contributed by atoms with Gasteiger partial charge in [-0.1, -0.05) is 11.6 Å². The fraction of sp³-hybridized carbons (Fsp3) is 0.182. The van der Waals surface area contributed by atoms with Gasteiger partial charge < -0.3 is 4.74 Å². The number of aryl methyl sites for hydroxylation is 1. The molecule has 0 unspecified atom stereocenters. The van der Waals surface area contributed by atoms with E-state index in [2.05, 4.69) is 5.10 Å². The van der Waals surface area contributed by atoms with Crippen molar-refractivity contribution in [2.45, 2.75) is 6.61 Å². The molecule has 0 amide bonds. The molecule has 1 aromatic carbocycles. The molecule has 0 aliphatic heterocycles. The Labute approximate surface area is 108 Å². The normalized spacial score (nSPS) is 10.3. The van der Waals surface area contributed by atoms with Gasteiger partial charge >= 0.3 is 0 Å². The lowest BCUT2D eigenvalue weighted by atomic mass is 10.3. The molecule has 0 spiro atoms. The molecule has 6 nitrogen and oxygen atoms in total. The van der Waals surface area contributed by atoms with Gasteiger partial charge in [-0.2, -0.15) is 5.10 Å². The number of aromatic nitrogens is 2. The molecule has 0 saturated carbocycles. The van der Waals surface area contributed by atoms with E-state index in [1.807, 2.05) is 13.2 Å². The maximum absolute atomic E-state index is 10.6. The lowest BCUT2D eigenvalue weighted by Gasteiger charge is -2.04. The summed E-state index contributed by atoms with van der Waals surface area (Å²) in [6.07, 6.45) is 3.51. The molecule has 94 valence electrons. The van der Waals surface area contributed by atoms with E-state index in [-0.39, 0.29) is 10.7 Å². The van der Waals surface area contributed by atoms with Gasteiger partial charge in [-0.3, -0.25) is 14.8 Å². The summed E-state index contributed by atoms with van der Waals surface area (Å²) >= 11 is 5.77. The van der Waals surface area contributed by atoms with Crippen LogP contribution in [-0.2, 0) is 13.7 Å². The van der Waals surface area contributed by atoms with Crippen LogP contribution in [0.4, 0.5) is 5.69 Å². The second-order valence-corrected chi connectivity index (χ2v) is 4.09. The van der Waals surface area contributed by atoms with E-state index in [1.54, 1.807) is 10.9 Å². The van der Waals surface area contributed by atoms with Gasteiger partial charge in [0.1, 0.15) is 17.4 Å². The number of nitro benzene ring substituents is 1. The predicted octanol–water partition coefficient (Wildman–Crippen LogP) is 2.56. The zero-order valence-electron chi connectivity index (χ0n) is 9.54. The van der Waals surface area contributed by atoms with Crippen molar-refractivity contribution in [3.8, 4) is 5.75 Å². The van der Waals surface area contributed by atoms with Crippen molar-refractivity contribution in [3.05, 3.63) is 51.3 Å². The number of hydrogen-bond acceptors (Lipinski definition) is 4. The first-order valence-electron chi connectivity index (χ1n) is 5.10. The van der Waals surface area contributed by atoms with E-state index >= 15 is 0 Å². The molecule has 0 saturated heterocycles. The summed E-state index contributed by atoms with van der Waals surface area (Å²) < 4.78 is 7.13. The standard InChI is InChI=1S/C11H10ClN3O3/c1-14-6-8(5-13-14)7-18-9-2-3-11(15(16)17)10(12)4-9/h2-6H,7H2,1H3. The number of halogens is 1. The maximum atomic E-state index is 10.6. The highest BCUT2D eigenvalue weighted by atomic mass is 35.5. The monoisotopic (exact) mass is 267 g/mol. The Kier molecular flexibility index (Phi) is 3.47. The first-order valence-corrected chi connectivity index (χ1v) is 5.48. The van der Waals surface area contributed by atoms with Crippen LogP contribution in [0, 0.1) is 10.1 Å². The second-order valence-electron chi connectivity index (χ2n) is 3.68. The zero-order chi connectivity index (χ0) is 13.1. The minimum atomic E-state index is -0.534. The molecular formula is C11H10ClN3O3. The average Bonchev–Trinajstić information content (AvgIpc) is 2.72. The first-order chi connectivity index (χ1) is 8.56. The van der Waals surface area contributed by atoms with E-state index in [0.717, 1.165) is 5.56 Å². The highest BCUT2D eigenvalue weighted by Crippen LogP contribution is 2.28. The second kappa shape index (κ2) is 5.05. The van der Waals surface area contributed by atoms with Crippen LogP contribution < -0.4 is 4.74 Å². The number of benzene rings is 1. The van der Waals surface area contributed by atoms with Crippen LogP contribution in [0.15, 0.2) is 30.6 Å². The zero-order valence-corrected chi connectivity index (χ0v) is 10.3. The Morgan fingerprint density at radius 3 is 2.89 bits per heavy atom. The third-order valence-electron chi connectivity index (χ3n) is 2.28. The van der Waals surface area contributed by atoms with Crippen molar-refractivity contribution in [1.82, 2.24) is 9.78 Å². The van der Waals surface area contributed by atoms with Gasteiger partial charge in [-0.05, 0) is 6.07 Å². The molecule has 1 aromatic heterocycles. The first kappa shape index (κ1) is 12.4. The SMILES string of the molecule is Cn1cc(COc2ccc([N+](=O)[O-])c(Cl)c2)cn1.